The third-order valence-corrected chi connectivity index (χ3v) is 4.43. The van der Waals surface area contributed by atoms with Crippen LogP contribution in [0.4, 0.5) is 11.4 Å². The highest BCUT2D eigenvalue weighted by Gasteiger charge is 2.15. The van der Waals surface area contributed by atoms with Gasteiger partial charge in [0.15, 0.2) is 9.84 Å². The van der Waals surface area contributed by atoms with Crippen molar-refractivity contribution in [3.8, 4) is 0 Å². The van der Waals surface area contributed by atoms with Gasteiger partial charge < -0.3 is 15.5 Å². The van der Waals surface area contributed by atoms with Gasteiger partial charge in [0.05, 0.1) is 22.5 Å². The van der Waals surface area contributed by atoms with E-state index in [9.17, 15) is 8.42 Å². The summed E-state index contributed by atoms with van der Waals surface area (Å²) in [6.07, 6.45) is 4.48. The first kappa shape index (κ1) is 15.4. The average Bonchev–Trinajstić information content (AvgIpc) is 2.90. The van der Waals surface area contributed by atoms with Crippen molar-refractivity contribution in [3.05, 3.63) is 42.4 Å². The minimum absolute atomic E-state index is 0.146. The topological polar surface area (TPSA) is 85.3 Å². The Balaban J connectivity index is 2.05. The molecule has 1 aromatic carbocycles. The zero-order valence-corrected chi connectivity index (χ0v) is 13.0. The Bertz CT molecular complexity index is 694. The van der Waals surface area contributed by atoms with Crippen LogP contribution in [0, 0.1) is 0 Å². The van der Waals surface area contributed by atoms with Crippen LogP contribution in [0.25, 0.3) is 0 Å². The van der Waals surface area contributed by atoms with E-state index in [1.54, 1.807) is 18.4 Å². The highest BCUT2D eigenvalue weighted by atomic mass is 32.2. The zero-order chi connectivity index (χ0) is 15.5. The SMILES string of the molecule is CC(CCc1ccco1)Nc1cccc(S(C)(=O)=O)c1N. The van der Waals surface area contributed by atoms with Crippen molar-refractivity contribution >= 4 is 21.2 Å². The molecule has 0 aliphatic rings. The van der Waals surface area contributed by atoms with Gasteiger partial charge in [-0.25, -0.2) is 8.42 Å². The zero-order valence-electron chi connectivity index (χ0n) is 12.2. The van der Waals surface area contributed by atoms with Crippen molar-refractivity contribution < 1.29 is 12.8 Å². The Hall–Kier alpha value is -1.95. The second kappa shape index (κ2) is 6.22. The molecule has 1 aromatic heterocycles. The number of hydrogen-bond acceptors (Lipinski definition) is 5. The van der Waals surface area contributed by atoms with E-state index in [2.05, 4.69) is 5.32 Å². The molecular formula is C15H20N2O3S. The number of rotatable bonds is 6. The lowest BCUT2D eigenvalue weighted by Gasteiger charge is -2.17. The van der Waals surface area contributed by atoms with E-state index in [0.29, 0.717) is 5.69 Å². The maximum atomic E-state index is 11.7. The fourth-order valence-corrected chi connectivity index (χ4v) is 2.98. The first-order valence-electron chi connectivity index (χ1n) is 6.75. The van der Waals surface area contributed by atoms with Gasteiger partial charge in [-0.3, -0.25) is 0 Å². The van der Waals surface area contributed by atoms with E-state index in [1.807, 2.05) is 19.1 Å². The predicted molar refractivity (Wildman–Crippen MR) is 84.1 cm³/mol. The van der Waals surface area contributed by atoms with Gasteiger partial charge in [0, 0.05) is 18.7 Å². The normalized spacial score (nSPS) is 13.0. The Labute approximate surface area is 125 Å². The molecule has 0 aliphatic heterocycles. The number of benzene rings is 1. The molecule has 5 nitrogen and oxygen atoms in total. The number of aryl methyl sites for hydroxylation is 1. The standard InChI is InChI=1S/C15H20N2O3S/c1-11(8-9-12-5-4-10-20-12)17-13-6-3-7-14(15(13)16)21(2,18)19/h3-7,10-11,17H,8-9,16H2,1-2H3. The Morgan fingerprint density at radius 2 is 2.05 bits per heavy atom. The highest BCUT2D eigenvalue weighted by Crippen LogP contribution is 2.27. The van der Waals surface area contributed by atoms with Crippen LogP contribution in [0.5, 0.6) is 0 Å². The van der Waals surface area contributed by atoms with Crippen molar-refractivity contribution in [2.24, 2.45) is 0 Å². The molecule has 0 fully saturated rings. The molecule has 1 atom stereocenters. The summed E-state index contributed by atoms with van der Waals surface area (Å²) in [6.45, 7) is 2.02. The maximum Gasteiger partial charge on any atom is 0.177 e. The summed E-state index contributed by atoms with van der Waals surface area (Å²) >= 11 is 0. The van der Waals surface area contributed by atoms with Crippen LogP contribution in [0.15, 0.2) is 45.9 Å². The molecule has 21 heavy (non-hydrogen) atoms. The molecule has 0 saturated heterocycles. The first-order valence-corrected chi connectivity index (χ1v) is 8.64. The van der Waals surface area contributed by atoms with Gasteiger partial charge in [-0.1, -0.05) is 6.07 Å². The molecule has 0 saturated carbocycles. The minimum Gasteiger partial charge on any atom is -0.469 e. The van der Waals surface area contributed by atoms with E-state index in [-0.39, 0.29) is 16.6 Å². The summed E-state index contributed by atoms with van der Waals surface area (Å²) < 4.78 is 28.6. The van der Waals surface area contributed by atoms with Crippen molar-refractivity contribution in [3.63, 3.8) is 0 Å². The van der Waals surface area contributed by atoms with Crippen LogP contribution in [0.1, 0.15) is 19.1 Å². The lowest BCUT2D eigenvalue weighted by Crippen LogP contribution is -2.17. The van der Waals surface area contributed by atoms with E-state index in [4.69, 9.17) is 10.2 Å². The second-order valence-electron chi connectivity index (χ2n) is 5.15. The number of sulfone groups is 1. The molecule has 0 radical (unpaired) electrons. The van der Waals surface area contributed by atoms with E-state index < -0.39 is 9.84 Å². The molecular weight excluding hydrogens is 288 g/mol. The molecule has 0 aliphatic carbocycles. The quantitative estimate of drug-likeness (QED) is 0.801. The number of anilines is 2. The molecule has 3 N–H and O–H groups in total. The fraction of sp³-hybridized carbons (Fsp3) is 0.333. The summed E-state index contributed by atoms with van der Waals surface area (Å²) in [7, 11) is -3.32. The fourth-order valence-electron chi connectivity index (χ4n) is 2.14. The Morgan fingerprint density at radius 1 is 1.29 bits per heavy atom. The average molecular weight is 308 g/mol. The van der Waals surface area contributed by atoms with Crippen LogP contribution in [0.3, 0.4) is 0 Å². The summed E-state index contributed by atoms with van der Waals surface area (Å²) in [5.74, 6) is 0.932. The largest absolute Gasteiger partial charge is 0.469 e. The maximum absolute atomic E-state index is 11.7. The van der Waals surface area contributed by atoms with Crippen LogP contribution >= 0.6 is 0 Å². The summed E-state index contributed by atoms with van der Waals surface area (Å²) in [4.78, 5) is 0.158. The summed E-state index contributed by atoms with van der Waals surface area (Å²) in [5, 5.41) is 3.25. The number of para-hydroxylation sites is 1. The smallest absolute Gasteiger partial charge is 0.177 e. The van der Waals surface area contributed by atoms with Gasteiger partial charge in [0.25, 0.3) is 0 Å². The van der Waals surface area contributed by atoms with Crippen LogP contribution in [-0.2, 0) is 16.3 Å². The van der Waals surface area contributed by atoms with Gasteiger partial charge in [-0.05, 0) is 37.6 Å². The van der Waals surface area contributed by atoms with Crippen molar-refractivity contribution in [2.45, 2.75) is 30.7 Å². The van der Waals surface area contributed by atoms with Crippen LogP contribution in [-0.4, -0.2) is 20.7 Å². The van der Waals surface area contributed by atoms with Gasteiger partial charge >= 0.3 is 0 Å². The molecule has 0 bridgehead atoms. The molecule has 0 amide bonds. The molecule has 2 aromatic rings. The number of nitrogen functional groups attached to an aromatic ring is 1. The van der Waals surface area contributed by atoms with E-state index in [0.717, 1.165) is 24.9 Å². The molecule has 1 unspecified atom stereocenters. The van der Waals surface area contributed by atoms with Crippen molar-refractivity contribution in [2.75, 3.05) is 17.3 Å². The lowest BCUT2D eigenvalue weighted by atomic mass is 10.1. The third-order valence-electron chi connectivity index (χ3n) is 3.27. The molecule has 1 heterocycles. The second-order valence-corrected chi connectivity index (χ2v) is 7.14. The van der Waals surface area contributed by atoms with E-state index in [1.165, 1.54) is 6.07 Å². The third kappa shape index (κ3) is 4.01. The molecule has 2 rings (SSSR count). The van der Waals surface area contributed by atoms with Gasteiger partial charge in [0.2, 0.25) is 0 Å². The lowest BCUT2D eigenvalue weighted by molar-refractivity contribution is 0.495. The molecule has 6 heteroatoms. The van der Waals surface area contributed by atoms with Crippen molar-refractivity contribution in [1.29, 1.82) is 0 Å². The summed E-state index contributed by atoms with van der Waals surface area (Å²) in [6, 6.07) is 8.93. The number of nitrogens with two attached hydrogens (primary N) is 1. The van der Waals surface area contributed by atoms with Crippen LogP contribution in [0.2, 0.25) is 0 Å². The first-order chi connectivity index (χ1) is 9.88. The van der Waals surface area contributed by atoms with Crippen LogP contribution < -0.4 is 11.1 Å². The Morgan fingerprint density at radius 3 is 2.67 bits per heavy atom. The Kier molecular flexibility index (Phi) is 4.57. The van der Waals surface area contributed by atoms with Gasteiger partial charge in [-0.2, -0.15) is 0 Å². The van der Waals surface area contributed by atoms with Crippen molar-refractivity contribution in [1.82, 2.24) is 0 Å². The van der Waals surface area contributed by atoms with E-state index >= 15 is 0 Å². The van der Waals surface area contributed by atoms with Gasteiger partial charge in [-0.15, -0.1) is 0 Å². The predicted octanol–water partition coefficient (Wildman–Crippen LogP) is 2.70. The number of furan rings is 1. The minimum atomic E-state index is -3.32. The number of hydrogen-bond donors (Lipinski definition) is 2. The highest BCUT2D eigenvalue weighted by molar-refractivity contribution is 7.90. The molecule has 0 spiro atoms. The molecule has 114 valence electrons. The van der Waals surface area contributed by atoms with Gasteiger partial charge in [0.1, 0.15) is 5.76 Å². The number of nitrogens with one attached hydrogen (secondary N) is 1. The monoisotopic (exact) mass is 308 g/mol. The summed E-state index contributed by atoms with van der Waals surface area (Å²) in [5.41, 5.74) is 6.86.